The van der Waals surface area contributed by atoms with Crippen molar-refractivity contribution in [1.82, 2.24) is 34.8 Å². The standard InChI is InChI=1S/C26H24FN9O/c1-14-18(10-29-11-19(14)21-3-5-31-33-21)17-7-15-8-22(30-12-20(15)26(28)25(17)27)32-23-9-16-4-6-35(2)24(37)13-36(16)34-23/h3,5,7-12H,4,6,13,28H2,1-2H3,(H,31,33)(H,30,32,34). The SMILES string of the molecule is Cc1c(-c2ccn[nH]2)cncc1-c1cc2cc(Nc3cc4n(n3)CC(=O)N(C)CC4)ncc2c(N)c1F. The number of fused-ring (bicyclic) bond motifs is 2. The van der Waals surface area contributed by atoms with Crippen molar-refractivity contribution in [3.63, 3.8) is 0 Å². The zero-order chi connectivity index (χ0) is 25.7. The number of H-pyrrole nitrogens is 1. The van der Waals surface area contributed by atoms with Gasteiger partial charge in [-0.2, -0.15) is 10.2 Å². The lowest BCUT2D eigenvalue weighted by Crippen LogP contribution is -2.29. The summed E-state index contributed by atoms with van der Waals surface area (Å²) >= 11 is 0. The van der Waals surface area contributed by atoms with Gasteiger partial charge in [0.05, 0.1) is 11.4 Å². The van der Waals surface area contributed by atoms with Gasteiger partial charge in [-0.1, -0.05) is 0 Å². The van der Waals surface area contributed by atoms with E-state index >= 15 is 4.39 Å². The van der Waals surface area contributed by atoms with Crippen LogP contribution in [0.15, 0.2) is 49.1 Å². The first-order chi connectivity index (χ1) is 17.9. The van der Waals surface area contributed by atoms with Crippen LogP contribution in [0, 0.1) is 12.7 Å². The predicted octanol–water partition coefficient (Wildman–Crippen LogP) is 3.67. The Morgan fingerprint density at radius 3 is 2.76 bits per heavy atom. The van der Waals surface area contributed by atoms with E-state index in [-0.39, 0.29) is 18.1 Å². The van der Waals surface area contributed by atoms with Crippen molar-refractivity contribution in [2.24, 2.45) is 0 Å². The normalized spacial score (nSPS) is 13.6. The molecule has 1 aliphatic heterocycles. The van der Waals surface area contributed by atoms with Crippen molar-refractivity contribution in [1.29, 1.82) is 0 Å². The lowest BCUT2D eigenvalue weighted by Gasteiger charge is -2.14. The van der Waals surface area contributed by atoms with Crippen molar-refractivity contribution >= 4 is 34.0 Å². The van der Waals surface area contributed by atoms with Gasteiger partial charge in [-0.3, -0.25) is 19.6 Å². The molecule has 0 unspecified atom stereocenters. The molecule has 0 radical (unpaired) electrons. The highest BCUT2D eigenvalue weighted by Crippen LogP contribution is 2.37. The smallest absolute Gasteiger partial charge is 0.244 e. The summed E-state index contributed by atoms with van der Waals surface area (Å²) in [6.45, 7) is 2.75. The molecule has 4 N–H and O–H groups in total. The molecule has 1 aromatic carbocycles. The van der Waals surface area contributed by atoms with Crippen molar-refractivity contribution in [3.05, 3.63) is 66.1 Å². The van der Waals surface area contributed by atoms with Crippen molar-refractivity contribution in [3.8, 4) is 22.4 Å². The number of aromatic nitrogens is 6. The highest BCUT2D eigenvalue weighted by molar-refractivity contribution is 5.98. The molecule has 0 aliphatic carbocycles. The lowest BCUT2D eigenvalue weighted by atomic mass is 9.95. The first-order valence-corrected chi connectivity index (χ1v) is 11.8. The van der Waals surface area contributed by atoms with Crippen molar-refractivity contribution < 1.29 is 9.18 Å². The summed E-state index contributed by atoms with van der Waals surface area (Å²) in [6.07, 6.45) is 7.28. The zero-order valence-electron chi connectivity index (χ0n) is 20.3. The van der Waals surface area contributed by atoms with Crippen LogP contribution in [0.25, 0.3) is 33.2 Å². The van der Waals surface area contributed by atoms with Gasteiger partial charge in [-0.25, -0.2) is 9.37 Å². The van der Waals surface area contributed by atoms with E-state index in [4.69, 9.17) is 5.73 Å². The van der Waals surface area contributed by atoms with Gasteiger partial charge in [-0.15, -0.1) is 0 Å². The third-order valence-electron chi connectivity index (χ3n) is 6.83. The minimum atomic E-state index is -0.519. The molecule has 1 aliphatic rings. The number of carbonyl (C=O) groups excluding carboxylic acids is 1. The average molecular weight is 498 g/mol. The van der Waals surface area contributed by atoms with Gasteiger partial charge in [0.15, 0.2) is 11.6 Å². The molecule has 186 valence electrons. The number of nitrogens with one attached hydrogen (secondary N) is 2. The van der Waals surface area contributed by atoms with E-state index in [0.29, 0.717) is 41.1 Å². The van der Waals surface area contributed by atoms with Crippen molar-refractivity contribution in [2.75, 3.05) is 24.6 Å². The molecule has 1 amide bonds. The first kappa shape index (κ1) is 22.7. The fourth-order valence-corrected chi connectivity index (χ4v) is 4.68. The van der Waals surface area contributed by atoms with Gasteiger partial charge in [0.2, 0.25) is 5.91 Å². The Hall–Kier alpha value is -4.80. The van der Waals surface area contributed by atoms with Crippen LogP contribution in [0.5, 0.6) is 0 Å². The molecule has 0 spiro atoms. The van der Waals surface area contributed by atoms with Crippen LogP contribution < -0.4 is 11.1 Å². The summed E-state index contributed by atoms with van der Waals surface area (Å²) in [7, 11) is 1.79. The van der Waals surface area contributed by atoms with Crippen LogP contribution in [0.1, 0.15) is 11.3 Å². The summed E-state index contributed by atoms with van der Waals surface area (Å²) in [4.78, 5) is 22.6. The highest BCUT2D eigenvalue weighted by atomic mass is 19.1. The number of likely N-dealkylation sites (N-methyl/N-ethyl adjacent to an activating group) is 1. The second-order valence-corrected chi connectivity index (χ2v) is 9.14. The van der Waals surface area contributed by atoms with Crippen molar-refractivity contribution in [2.45, 2.75) is 19.9 Å². The van der Waals surface area contributed by atoms with Crippen LogP contribution in [0.2, 0.25) is 0 Å². The van der Waals surface area contributed by atoms with E-state index in [0.717, 1.165) is 27.9 Å². The van der Waals surface area contributed by atoms with Gasteiger partial charge in [0.25, 0.3) is 0 Å². The van der Waals surface area contributed by atoms with E-state index < -0.39 is 5.82 Å². The van der Waals surface area contributed by atoms with Gasteiger partial charge in [-0.05, 0) is 36.1 Å². The fourth-order valence-electron chi connectivity index (χ4n) is 4.68. The minimum absolute atomic E-state index is 0.0173. The number of anilines is 3. The van der Waals surface area contributed by atoms with Crippen LogP contribution in [-0.2, 0) is 17.8 Å². The maximum atomic E-state index is 15.5. The third kappa shape index (κ3) is 3.94. The number of carbonyl (C=O) groups is 1. The molecule has 37 heavy (non-hydrogen) atoms. The summed E-state index contributed by atoms with van der Waals surface area (Å²) in [5.41, 5.74) is 10.7. The number of hydrogen-bond donors (Lipinski definition) is 3. The molecular weight excluding hydrogens is 473 g/mol. The lowest BCUT2D eigenvalue weighted by molar-refractivity contribution is -0.130. The van der Waals surface area contributed by atoms with Gasteiger partial charge >= 0.3 is 0 Å². The Kier molecular flexibility index (Phi) is 5.32. The number of nitrogens with two attached hydrogens (primary N) is 1. The Balaban J connectivity index is 1.38. The summed E-state index contributed by atoms with van der Waals surface area (Å²) in [5, 5.41) is 15.9. The molecule has 0 fully saturated rings. The number of hydrogen-bond acceptors (Lipinski definition) is 7. The monoisotopic (exact) mass is 497 g/mol. The Morgan fingerprint density at radius 1 is 1.11 bits per heavy atom. The summed E-state index contributed by atoms with van der Waals surface area (Å²) in [5.74, 6) is 0.613. The summed E-state index contributed by atoms with van der Waals surface area (Å²) < 4.78 is 17.2. The molecule has 5 heterocycles. The molecule has 0 saturated heterocycles. The average Bonchev–Trinajstić information content (AvgIpc) is 3.53. The van der Waals surface area contributed by atoms with Gasteiger partial charge < -0.3 is 16.0 Å². The molecule has 0 saturated carbocycles. The second-order valence-electron chi connectivity index (χ2n) is 9.14. The number of halogens is 1. The quantitative estimate of drug-likeness (QED) is 0.323. The summed E-state index contributed by atoms with van der Waals surface area (Å²) in [6, 6.07) is 7.32. The Labute approximate surface area is 211 Å². The third-order valence-corrected chi connectivity index (χ3v) is 6.83. The highest BCUT2D eigenvalue weighted by Gasteiger charge is 2.20. The number of pyridine rings is 2. The molecular formula is C26H24FN9O. The number of benzene rings is 1. The Morgan fingerprint density at radius 2 is 1.95 bits per heavy atom. The van der Waals surface area contributed by atoms with E-state index in [2.05, 4.69) is 30.6 Å². The van der Waals surface area contributed by atoms with E-state index in [1.807, 2.05) is 19.1 Å². The van der Waals surface area contributed by atoms with Crippen LogP contribution in [-0.4, -0.2) is 54.3 Å². The topological polar surface area (TPSA) is 131 Å². The number of aromatic amines is 1. The molecule has 0 bridgehead atoms. The molecule has 10 nitrogen and oxygen atoms in total. The number of nitrogen functional groups attached to an aromatic ring is 1. The zero-order valence-corrected chi connectivity index (χ0v) is 20.3. The number of rotatable bonds is 4. The van der Waals surface area contributed by atoms with Crippen LogP contribution in [0.4, 0.5) is 21.7 Å². The molecule has 0 atom stereocenters. The van der Waals surface area contributed by atoms with E-state index in [1.54, 1.807) is 53.5 Å². The fraction of sp³-hybridized carbons (Fsp3) is 0.192. The van der Waals surface area contributed by atoms with Gasteiger partial charge in [0, 0.05) is 78.6 Å². The van der Waals surface area contributed by atoms with Gasteiger partial charge in [0.1, 0.15) is 12.4 Å². The first-order valence-electron chi connectivity index (χ1n) is 11.8. The second kappa shape index (κ2) is 8.70. The number of nitrogens with zero attached hydrogens (tertiary/aromatic N) is 6. The largest absolute Gasteiger partial charge is 0.396 e. The molecule has 11 heteroatoms. The van der Waals surface area contributed by atoms with Crippen LogP contribution >= 0.6 is 0 Å². The molecule has 5 aromatic rings. The molecule has 6 rings (SSSR count). The maximum Gasteiger partial charge on any atom is 0.244 e. The van der Waals surface area contributed by atoms with Crippen LogP contribution in [0.3, 0.4) is 0 Å². The molecule has 4 aromatic heterocycles. The van der Waals surface area contributed by atoms with E-state index in [1.165, 1.54) is 0 Å². The minimum Gasteiger partial charge on any atom is -0.396 e. The Bertz CT molecular complexity index is 1660. The maximum absolute atomic E-state index is 15.5. The number of amides is 1. The van der Waals surface area contributed by atoms with E-state index in [9.17, 15) is 4.79 Å². The predicted molar refractivity (Wildman–Crippen MR) is 139 cm³/mol.